The third kappa shape index (κ3) is 5.84. The van der Waals surface area contributed by atoms with Crippen LogP contribution in [0, 0.1) is 5.92 Å². The van der Waals surface area contributed by atoms with E-state index in [9.17, 15) is 4.79 Å². The third-order valence-corrected chi connectivity index (χ3v) is 9.13. The Bertz CT molecular complexity index is 1440. The number of carbonyl (C=O) groups is 1. The van der Waals surface area contributed by atoms with Crippen molar-refractivity contribution >= 4 is 11.7 Å². The van der Waals surface area contributed by atoms with Crippen LogP contribution in [0.1, 0.15) is 63.0 Å². The summed E-state index contributed by atoms with van der Waals surface area (Å²) in [5.41, 5.74) is 5.73. The van der Waals surface area contributed by atoms with Crippen molar-refractivity contribution in [3.8, 4) is 22.4 Å². The number of likely N-dealkylation sites (tertiary alicyclic amines) is 1. The number of H-pyrrole nitrogens is 1. The molecule has 0 saturated carbocycles. The number of carbonyl (C=O) groups excluding carboxylic acids is 1. The largest absolute Gasteiger partial charge is 0.363 e. The lowest BCUT2D eigenvalue weighted by Crippen LogP contribution is -2.58. The molecule has 3 fully saturated rings. The highest BCUT2D eigenvalue weighted by Crippen LogP contribution is 2.29. The fraction of sp³-hybridized carbons (Fsp3) is 0.485. The lowest BCUT2D eigenvalue weighted by atomic mass is 9.99. The van der Waals surface area contributed by atoms with Gasteiger partial charge in [0, 0.05) is 6.54 Å². The van der Waals surface area contributed by atoms with Gasteiger partial charge in [-0.1, -0.05) is 62.4 Å². The van der Waals surface area contributed by atoms with Crippen LogP contribution in [0.2, 0.25) is 0 Å². The molecule has 226 valence electrons. The van der Waals surface area contributed by atoms with Crippen LogP contribution in [0.4, 0.5) is 0 Å². The van der Waals surface area contributed by atoms with Crippen LogP contribution in [0.3, 0.4) is 0 Å². The highest BCUT2D eigenvalue weighted by atomic mass is 16.9. The van der Waals surface area contributed by atoms with Crippen LogP contribution in [0.15, 0.2) is 59.7 Å². The summed E-state index contributed by atoms with van der Waals surface area (Å²) in [5.74, 6) is 2.14. The van der Waals surface area contributed by atoms with Gasteiger partial charge in [-0.2, -0.15) is 0 Å². The average Bonchev–Trinajstić information content (AvgIpc) is 3.83. The van der Waals surface area contributed by atoms with Crippen molar-refractivity contribution in [1.82, 2.24) is 30.8 Å². The van der Waals surface area contributed by atoms with Crippen LogP contribution >= 0.6 is 0 Å². The molecule has 10 heteroatoms. The average molecular weight is 584 g/mol. The predicted molar refractivity (Wildman–Crippen MR) is 165 cm³/mol. The van der Waals surface area contributed by atoms with Crippen molar-refractivity contribution in [3.05, 3.63) is 66.1 Å². The minimum Gasteiger partial charge on any atom is -0.363 e. The standard InChI is InChI=1S/C33H41N7O3/c1-20(2)29(39-33-42-19-43-33)32(41)40-16-4-6-28(40)31-36-18-27(38-31)24-13-9-22(10-14-24)21-7-11-23(12-8-21)26-17-35-30(37-26)25-5-3-15-34-25/h7-14,17,20,25,27-29,33-34,39H,3-6,15-16,18-19H2,1-2H3,(H,35,37)(H,36,38)/t25-,27?,28-,29-/m0/s1. The van der Waals surface area contributed by atoms with E-state index >= 15 is 0 Å². The number of ether oxygens (including phenoxy) is 2. The summed E-state index contributed by atoms with van der Waals surface area (Å²) in [6.07, 6.45) is 5.64. The molecule has 1 amide bonds. The number of amides is 1. The second-order valence-corrected chi connectivity index (χ2v) is 12.3. The summed E-state index contributed by atoms with van der Waals surface area (Å²) in [5, 5.41) is 10.4. The van der Waals surface area contributed by atoms with Gasteiger partial charge < -0.3 is 30.0 Å². The zero-order chi connectivity index (χ0) is 29.3. The molecule has 7 rings (SSSR count). The zero-order valence-electron chi connectivity index (χ0n) is 24.9. The molecule has 4 N–H and O–H groups in total. The van der Waals surface area contributed by atoms with E-state index in [1.165, 1.54) is 23.1 Å². The maximum absolute atomic E-state index is 13.6. The maximum atomic E-state index is 13.6. The van der Waals surface area contributed by atoms with Crippen molar-refractivity contribution in [3.63, 3.8) is 0 Å². The van der Waals surface area contributed by atoms with Gasteiger partial charge in [0.05, 0.1) is 42.6 Å². The first-order valence-corrected chi connectivity index (χ1v) is 15.6. The molecule has 1 aromatic heterocycles. The molecule has 5 heterocycles. The summed E-state index contributed by atoms with van der Waals surface area (Å²) in [7, 11) is 0. The summed E-state index contributed by atoms with van der Waals surface area (Å²) in [6, 6.07) is 17.4. The lowest BCUT2D eigenvalue weighted by molar-refractivity contribution is -0.335. The van der Waals surface area contributed by atoms with Crippen molar-refractivity contribution in [2.75, 3.05) is 26.4 Å². The number of aromatic nitrogens is 2. The number of hydrogen-bond acceptors (Lipinski definition) is 8. The molecule has 1 unspecified atom stereocenters. The molecule has 2 aromatic carbocycles. The van der Waals surface area contributed by atoms with Gasteiger partial charge in [-0.25, -0.2) is 4.98 Å². The van der Waals surface area contributed by atoms with E-state index in [4.69, 9.17) is 14.5 Å². The van der Waals surface area contributed by atoms with Crippen molar-refractivity contribution in [2.24, 2.45) is 10.9 Å². The van der Waals surface area contributed by atoms with Gasteiger partial charge >= 0.3 is 0 Å². The second kappa shape index (κ2) is 12.2. The van der Waals surface area contributed by atoms with Gasteiger partial charge in [-0.15, -0.1) is 0 Å². The van der Waals surface area contributed by atoms with Gasteiger partial charge in [0.15, 0.2) is 6.79 Å². The Hall–Kier alpha value is -3.57. The zero-order valence-corrected chi connectivity index (χ0v) is 24.9. The van der Waals surface area contributed by atoms with Gasteiger partial charge in [0.25, 0.3) is 0 Å². The summed E-state index contributed by atoms with van der Waals surface area (Å²) in [6.45, 7) is 6.82. The molecule has 3 aromatic rings. The molecule has 43 heavy (non-hydrogen) atoms. The van der Waals surface area contributed by atoms with Gasteiger partial charge in [0.1, 0.15) is 11.7 Å². The van der Waals surface area contributed by atoms with Crippen molar-refractivity contribution in [2.45, 2.75) is 70.1 Å². The Balaban J connectivity index is 0.973. The van der Waals surface area contributed by atoms with E-state index < -0.39 is 6.41 Å². The Morgan fingerprint density at radius 2 is 1.72 bits per heavy atom. The molecule has 0 spiro atoms. The van der Waals surface area contributed by atoms with Gasteiger partial charge in [-0.3, -0.25) is 15.1 Å². The third-order valence-electron chi connectivity index (χ3n) is 9.13. The number of nitrogens with zero attached hydrogens (tertiary/aromatic N) is 3. The number of hydrogen-bond donors (Lipinski definition) is 4. The van der Waals surface area contributed by atoms with E-state index in [0.29, 0.717) is 12.6 Å². The van der Waals surface area contributed by atoms with Crippen LogP contribution < -0.4 is 16.0 Å². The SMILES string of the molecule is CC(C)[C@H](NC1OCO1)C(=O)N1CCC[C@H]1C1=NCC(c2ccc(-c3ccc(-c4cnc([C@@H]5CCCN5)[nH]4)cc3)cc2)N1. The Kier molecular flexibility index (Phi) is 8.01. The first-order chi connectivity index (χ1) is 21.0. The normalized spacial score (nSPS) is 24.7. The van der Waals surface area contributed by atoms with Crippen molar-refractivity contribution in [1.29, 1.82) is 0 Å². The molecule has 0 bridgehead atoms. The number of aromatic amines is 1. The summed E-state index contributed by atoms with van der Waals surface area (Å²) >= 11 is 0. The smallest absolute Gasteiger partial charge is 0.240 e. The lowest BCUT2D eigenvalue weighted by Gasteiger charge is -2.35. The van der Waals surface area contributed by atoms with Crippen molar-refractivity contribution < 1.29 is 14.3 Å². The molecule has 4 aliphatic rings. The van der Waals surface area contributed by atoms with E-state index in [2.05, 4.69) is 74.4 Å². The Labute approximate surface area is 252 Å². The maximum Gasteiger partial charge on any atom is 0.240 e. The first kappa shape index (κ1) is 28.2. The number of rotatable bonds is 9. The highest BCUT2D eigenvalue weighted by molar-refractivity contribution is 5.94. The quantitative estimate of drug-likeness (QED) is 0.300. The molecular formula is C33H41N7O3. The summed E-state index contributed by atoms with van der Waals surface area (Å²) in [4.78, 5) is 28.5. The number of nitrogens with one attached hydrogen (secondary N) is 4. The molecular weight excluding hydrogens is 542 g/mol. The monoisotopic (exact) mass is 583 g/mol. The molecule has 3 saturated heterocycles. The molecule has 0 aliphatic carbocycles. The number of imidazole rings is 1. The first-order valence-electron chi connectivity index (χ1n) is 15.6. The Morgan fingerprint density at radius 3 is 2.40 bits per heavy atom. The van der Waals surface area contributed by atoms with Crippen LogP contribution in [-0.4, -0.2) is 71.5 Å². The number of amidine groups is 1. The highest BCUT2D eigenvalue weighted by Gasteiger charge is 2.40. The topological polar surface area (TPSA) is 116 Å². The second-order valence-electron chi connectivity index (χ2n) is 12.3. The van der Waals surface area contributed by atoms with E-state index in [-0.39, 0.29) is 36.7 Å². The van der Waals surface area contributed by atoms with E-state index in [1.54, 1.807) is 0 Å². The fourth-order valence-corrected chi connectivity index (χ4v) is 6.60. The molecule has 10 nitrogen and oxygen atoms in total. The van der Waals surface area contributed by atoms with Gasteiger partial charge in [-0.05, 0) is 60.4 Å². The van der Waals surface area contributed by atoms with E-state index in [1.807, 2.05) is 24.9 Å². The molecule has 4 atom stereocenters. The predicted octanol–water partition coefficient (Wildman–Crippen LogP) is 4.10. The van der Waals surface area contributed by atoms with Crippen LogP contribution in [-0.2, 0) is 14.3 Å². The van der Waals surface area contributed by atoms with Gasteiger partial charge in [0.2, 0.25) is 12.3 Å². The summed E-state index contributed by atoms with van der Waals surface area (Å²) < 4.78 is 10.7. The Morgan fingerprint density at radius 1 is 0.977 bits per heavy atom. The number of aliphatic imine (C=N–C) groups is 1. The minimum atomic E-state index is -0.506. The minimum absolute atomic E-state index is 0.0260. The van der Waals surface area contributed by atoms with Crippen LogP contribution in [0.5, 0.6) is 0 Å². The van der Waals surface area contributed by atoms with Crippen LogP contribution in [0.25, 0.3) is 22.4 Å². The molecule has 0 radical (unpaired) electrons. The van der Waals surface area contributed by atoms with E-state index in [0.717, 1.165) is 55.3 Å². The fourth-order valence-electron chi connectivity index (χ4n) is 6.60. The molecule has 4 aliphatic heterocycles. The number of benzene rings is 2.